The van der Waals surface area contributed by atoms with Gasteiger partial charge in [0.1, 0.15) is 5.69 Å². The monoisotopic (exact) mass is 194 g/mol. The van der Waals surface area contributed by atoms with Gasteiger partial charge in [0.15, 0.2) is 0 Å². The second-order valence-corrected chi connectivity index (χ2v) is 2.80. The SMILES string of the molecule is N#CCCCn1cc(N)c(=O)[nH]c1=O. The van der Waals surface area contributed by atoms with Crippen molar-refractivity contribution in [2.45, 2.75) is 19.4 Å². The van der Waals surface area contributed by atoms with Crippen LogP contribution in [0.15, 0.2) is 15.8 Å². The molecule has 0 bridgehead atoms. The summed E-state index contributed by atoms with van der Waals surface area (Å²) in [4.78, 5) is 24.1. The van der Waals surface area contributed by atoms with Crippen molar-refractivity contribution in [1.29, 1.82) is 5.26 Å². The molecule has 0 saturated carbocycles. The molecule has 0 atom stereocenters. The zero-order valence-corrected chi connectivity index (χ0v) is 7.49. The van der Waals surface area contributed by atoms with Crippen molar-refractivity contribution in [2.75, 3.05) is 5.73 Å². The lowest BCUT2D eigenvalue weighted by Crippen LogP contribution is -2.31. The number of hydrogen-bond donors (Lipinski definition) is 2. The van der Waals surface area contributed by atoms with Gasteiger partial charge < -0.3 is 5.73 Å². The van der Waals surface area contributed by atoms with Crippen molar-refractivity contribution < 1.29 is 0 Å². The average Bonchev–Trinajstić information content (AvgIpc) is 2.14. The molecular weight excluding hydrogens is 184 g/mol. The van der Waals surface area contributed by atoms with Crippen LogP contribution in [0, 0.1) is 11.3 Å². The molecule has 1 rings (SSSR count). The van der Waals surface area contributed by atoms with E-state index in [-0.39, 0.29) is 5.69 Å². The van der Waals surface area contributed by atoms with Crippen LogP contribution >= 0.6 is 0 Å². The second kappa shape index (κ2) is 4.28. The van der Waals surface area contributed by atoms with E-state index in [0.29, 0.717) is 19.4 Å². The smallest absolute Gasteiger partial charge is 0.328 e. The van der Waals surface area contributed by atoms with E-state index < -0.39 is 11.2 Å². The van der Waals surface area contributed by atoms with Crippen molar-refractivity contribution in [2.24, 2.45) is 0 Å². The molecule has 6 nitrogen and oxygen atoms in total. The summed E-state index contributed by atoms with van der Waals surface area (Å²) in [6.07, 6.45) is 2.21. The number of aromatic nitrogens is 2. The number of aromatic amines is 1. The molecular formula is C8H10N4O2. The van der Waals surface area contributed by atoms with E-state index in [2.05, 4.69) is 4.98 Å². The normalized spacial score (nSPS) is 9.64. The number of nitrogen functional groups attached to an aromatic ring is 1. The van der Waals surface area contributed by atoms with Crippen molar-refractivity contribution in [3.8, 4) is 6.07 Å². The predicted molar refractivity (Wildman–Crippen MR) is 50.6 cm³/mol. The van der Waals surface area contributed by atoms with Gasteiger partial charge >= 0.3 is 5.69 Å². The number of nitriles is 1. The number of H-pyrrole nitrogens is 1. The van der Waals surface area contributed by atoms with E-state index in [4.69, 9.17) is 11.0 Å². The first-order valence-electron chi connectivity index (χ1n) is 4.11. The summed E-state index contributed by atoms with van der Waals surface area (Å²) >= 11 is 0. The molecule has 0 fully saturated rings. The Bertz CT molecular complexity index is 465. The quantitative estimate of drug-likeness (QED) is 0.628. The maximum Gasteiger partial charge on any atom is 0.328 e. The summed E-state index contributed by atoms with van der Waals surface area (Å²) in [5.41, 5.74) is 4.25. The minimum Gasteiger partial charge on any atom is -0.393 e. The highest BCUT2D eigenvalue weighted by atomic mass is 16.2. The molecule has 1 aromatic rings. The predicted octanol–water partition coefficient (Wildman–Crippen LogP) is -0.577. The first-order valence-corrected chi connectivity index (χ1v) is 4.11. The Hall–Kier alpha value is -2.03. The Kier molecular flexibility index (Phi) is 3.07. The largest absolute Gasteiger partial charge is 0.393 e. The van der Waals surface area contributed by atoms with Crippen molar-refractivity contribution in [1.82, 2.24) is 9.55 Å². The Balaban J connectivity index is 2.89. The fraction of sp³-hybridized carbons (Fsp3) is 0.375. The summed E-state index contributed by atoms with van der Waals surface area (Å²) < 4.78 is 1.29. The maximum atomic E-state index is 11.2. The van der Waals surface area contributed by atoms with E-state index in [9.17, 15) is 9.59 Å². The average molecular weight is 194 g/mol. The molecule has 0 amide bonds. The third-order valence-electron chi connectivity index (χ3n) is 1.73. The summed E-state index contributed by atoms with van der Waals surface area (Å²) in [6.45, 7) is 0.382. The Labute approximate surface area is 79.6 Å². The van der Waals surface area contributed by atoms with Gasteiger partial charge in [-0.05, 0) is 6.42 Å². The van der Waals surface area contributed by atoms with Crippen molar-refractivity contribution in [3.63, 3.8) is 0 Å². The van der Waals surface area contributed by atoms with Gasteiger partial charge in [-0.1, -0.05) is 0 Å². The van der Waals surface area contributed by atoms with E-state index in [0.717, 1.165) is 0 Å². The van der Waals surface area contributed by atoms with Crippen LogP contribution in [0.2, 0.25) is 0 Å². The number of unbranched alkanes of at least 4 members (excludes halogenated alkanes) is 1. The number of aryl methyl sites for hydroxylation is 1. The molecule has 0 saturated heterocycles. The summed E-state index contributed by atoms with van der Waals surface area (Å²) in [5.74, 6) is 0. The molecule has 3 N–H and O–H groups in total. The molecule has 0 spiro atoms. The van der Waals surface area contributed by atoms with Gasteiger partial charge in [0.2, 0.25) is 0 Å². The Morgan fingerprint density at radius 2 is 2.29 bits per heavy atom. The molecule has 1 heterocycles. The molecule has 74 valence electrons. The van der Waals surface area contributed by atoms with Crippen LogP contribution < -0.4 is 17.0 Å². The Morgan fingerprint density at radius 1 is 1.57 bits per heavy atom. The van der Waals surface area contributed by atoms with Gasteiger partial charge in [-0.15, -0.1) is 0 Å². The van der Waals surface area contributed by atoms with Gasteiger partial charge in [0.25, 0.3) is 5.56 Å². The molecule has 0 radical (unpaired) electrons. The summed E-state index contributed by atoms with van der Waals surface area (Å²) in [7, 11) is 0. The lowest BCUT2D eigenvalue weighted by atomic mass is 10.3. The van der Waals surface area contributed by atoms with Crippen LogP contribution in [0.3, 0.4) is 0 Å². The lowest BCUT2D eigenvalue weighted by molar-refractivity contribution is 0.614. The number of nitrogens with one attached hydrogen (secondary N) is 1. The molecule has 0 aliphatic heterocycles. The highest BCUT2D eigenvalue weighted by molar-refractivity contribution is 5.30. The highest BCUT2D eigenvalue weighted by Crippen LogP contribution is 1.92. The van der Waals surface area contributed by atoms with Crippen molar-refractivity contribution in [3.05, 3.63) is 27.0 Å². The van der Waals surface area contributed by atoms with E-state index in [1.807, 2.05) is 6.07 Å². The zero-order valence-electron chi connectivity index (χ0n) is 7.49. The molecule has 0 aromatic carbocycles. The van der Waals surface area contributed by atoms with Crippen LogP contribution in [0.5, 0.6) is 0 Å². The third kappa shape index (κ3) is 2.23. The van der Waals surface area contributed by atoms with Crippen LogP contribution in [0.4, 0.5) is 5.69 Å². The molecule has 1 aromatic heterocycles. The number of rotatable bonds is 3. The minimum atomic E-state index is -0.577. The lowest BCUT2D eigenvalue weighted by Gasteiger charge is -2.02. The van der Waals surface area contributed by atoms with Gasteiger partial charge in [-0.25, -0.2) is 4.79 Å². The van der Waals surface area contributed by atoms with Crippen LogP contribution in [0.25, 0.3) is 0 Å². The highest BCUT2D eigenvalue weighted by Gasteiger charge is 2.00. The fourth-order valence-corrected chi connectivity index (χ4v) is 1.02. The fourth-order valence-electron chi connectivity index (χ4n) is 1.02. The molecule has 0 aliphatic carbocycles. The standard InChI is InChI=1S/C8H10N4O2/c9-3-1-2-4-12-5-6(10)7(13)11-8(12)14/h5H,1-2,4,10H2,(H,11,13,14). The molecule has 0 unspecified atom stereocenters. The molecule has 0 aliphatic rings. The van der Waals surface area contributed by atoms with Crippen molar-refractivity contribution >= 4 is 5.69 Å². The Morgan fingerprint density at radius 3 is 2.93 bits per heavy atom. The van der Waals surface area contributed by atoms with Crippen LogP contribution in [-0.4, -0.2) is 9.55 Å². The maximum absolute atomic E-state index is 11.2. The van der Waals surface area contributed by atoms with Gasteiger partial charge in [-0.3, -0.25) is 14.3 Å². The van der Waals surface area contributed by atoms with Gasteiger partial charge in [-0.2, -0.15) is 5.26 Å². The van der Waals surface area contributed by atoms with E-state index in [1.54, 1.807) is 0 Å². The number of nitrogens with two attached hydrogens (primary N) is 1. The number of anilines is 1. The van der Waals surface area contributed by atoms with Crippen LogP contribution in [-0.2, 0) is 6.54 Å². The van der Waals surface area contributed by atoms with E-state index >= 15 is 0 Å². The summed E-state index contributed by atoms with van der Waals surface area (Å²) in [5, 5.41) is 8.29. The number of nitrogens with zero attached hydrogens (tertiary/aromatic N) is 2. The van der Waals surface area contributed by atoms with E-state index in [1.165, 1.54) is 10.8 Å². The molecule has 14 heavy (non-hydrogen) atoms. The van der Waals surface area contributed by atoms with Crippen LogP contribution in [0.1, 0.15) is 12.8 Å². The number of hydrogen-bond acceptors (Lipinski definition) is 4. The zero-order chi connectivity index (χ0) is 10.6. The first kappa shape index (κ1) is 10.1. The van der Waals surface area contributed by atoms with Gasteiger partial charge in [0.05, 0.1) is 6.07 Å². The second-order valence-electron chi connectivity index (χ2n) is 2.80. The van der Waals surface area contributed by atoms with Gasteiger partial charge in [0, 0.05) is 19.2 Å². The third-order valence-corrected chi connectivity index (χ3v) is 1.73. The summed E-state index contributed by atoms with van der Waals surface area (Å²) in [6, 6.07) is 1.96. The topological polar surface area (TPSA) is 105 Å². The first-order chi connectivity index (χ1) is 6.65. The minimum absolute atomic E-state index is 0.00144. The molecule has 6 heteroatoms.